The first-order chi connectivity index (χ1) is 13.4. The highest BCUT2D eigenvalue weighted by Gasteiger charge is 2.24. The predicted molar refractivity (Wildman–Crippen MR) is 109 cm³/mol. The number of hydrogen-bond donors (Lipinski definition) is 1. The smallest absolute Gasteiger partial charge is 0.235 e. The molecule has 158 valence electrons. The van der Waals surface area contributed by atoms with Gasteiger partial charge in [0.1, 0.15) is 11.5 Å². The van der Waals surface area contributed by atoms with Gasteiger partial charge in [0.05, 0.1) is 32.1 Å². The van der Waals surface area contributed by atoms with Crippen LogP contribution in [0, 0.1) is 0 Å². The van der Waals surface area contributed by atoms with Crippen molar-refractivity contribution in [1.82, 2.24) is 10.2 Å². The Morgan fingerprint density at radius 3 is 2.50 bits per heavy atom. The molecule has 1 aliphatic heterocycles. The lowest BCUT2D eigenvalue weighted by Gasteiger charge is -2.35. The van der Waals surface area contributed by atoms with Crippen LogP contribution in [0.3, 0.4) is 0 Å². The summed E-state index contributed by atoms with van der Waals surface area (Å²) >= 11 is 0. The van der Waals surface area contributed by atoms with Gasteiger partial charge < -0.3 is 14.8 Å². The molecule has 7 nitrogen and oxygen atoms in total. The molecule has 1 unspecified atom stereocenters. The normalized spacial score (nSPS) is 16.5. The molecule has 0 aromatic heterocycles. The Hall–Kier alpha value is -1.64. The maximum Gasteiger partial charge on any atom is 0.235 e. The maximum absolute atomic E-state index is 12.3. The van der Waals surface area contributed by atoms with Crippen LogP contribution in [-0.2, 0) is 19.4 Å². The summed E-state index contributed by atoms with van der Waals surface area (Å²) in [5.41, 5.74) is 1.05. The van der Waals surface area contributed by atoms with E-state index >= 15 is 0 Å². The van der Waals surface area contributed by atoms with Gasteiger partial charge in [-0.2, -0.15) is 0 Å². The molecular formula is C20H32N2O5S. The monoisotopic (exact) mass is 412 g/mol. The number of carbonyl (C=O) groups excluding carboxylic acids is 1. The predicted octanol–water partition coefficient (Wildman–Crippen LogP) is 1.79. The summed E-state index contributed by atoms with van der Waals surface area (Å²) in [6.07, 6.45) is 2.41. The summed E-state index contributed by atoms with van der Waals surface area (Å²) < 4.78 is 34.9. The molecule has 8 heteroatoms. The van der Waals surface area contributed by atoms with Gasteiger partial charge in [0.2, 0.25) is 5.91 Å². The molecule has 28 heavy (non-hydrogen) atoms. The standard InChI is InChI=1S/C20H32N2O5S/c1-3-4-5-14-28(24,25)16-20(23)21-15-19(22-10-12-27-13-11-22)17-6-8-18(26-2)9-7-17/h6-9,19H,3-5,10-16H2,1-2H3,(H,21,23). The van der Waals surface area contributed by atoms with E-state index in [0.29, 0.717) is 26.2 Å². The summed E-state index contributed by atoms with van der Waals surface area (Å²) in [4.78, 5) is 14.5. The Bertz CT molecular complexity index is 700. The first kappa shape index (κ1) is 22.6. The van der Waals surface area contributed by atoms with E-state index in [9.17, 15) is 13.2 Å². The number of hydrogen-bond acceptors (Lipinski definition) is 6. The summed E-state index contributed by atoms with van der Waals surface area (Å²) in [5, 5.41) is 2.82. The Balaban J connectivity index is 1.98. The molecular weight excluding hydrogens is 380 g/mol. The highest BCUT2D eigenvalue weighted by Crippen LogP contribution is 2.23. The van der Waals surface area contributed by atoms with Crippen LogP contribution in [0.1, 0.15) is 37.8 Å². The molecule has 0 aliphatic carbocycles. The highest BCUT2D eigenvalue weighted by molar-refractivity contribution is 7.92. The van der Waals surface area contributed by atoms with Crippen LogP contribution in [0.4, 0.5) is 0 Å². The van der Waals surface area contributed by atoms with Crippen molar-refractivity contribution in [2.24, 2.45) is 0 Å². The van der Waals surface area contributed by atoms with Gasteiger partial charge in [0, 0.05) is 19.6 Å². The average Bonchev–Trinajstić information content (AvgIpc) is 2.69. The molecule has 0 spiro atoms. The number of benzene rings is 1. The summed E-state index contributed by atoms with van der Waals surface area (Å²) in [5.74, 6) is -0.0515. The Morgan fingerprint density at radius 2 is 1.89 bits per heavy atom. The van der Waals surface area contributed by atoms with Crippen LogP contribution in [0.15, 0.2) is 24.3 Å². The lowest BCUT2D eigenvalue weighted by molar-refractivity contribution is -0.119. The van der Waals surface area contributed by atoms with Crippen molar-refractivity contribution in [2.75, 3.05) is 51.5 Å². The fourth-order valence-corrected chi connectivity index (χ4v) is 4.57. The average molecular weight is 413 g/mol. The third-order valence-electron chi connectivity index (χ3n) is 4.89. The van der Waals surface area contributed by atoms with Crippen molar-refractivity contribution in [1.29, 1.82) is 0 Å². The van der Waals surface area contributed by atoms with E-state index in [1.807, 2.05) is 31.2 Å². The zero-order valence-corrected chi connectivity index (χ0v) is 17.7. The molecule has 1 fully saturated rings. The minimum atomic E-state index is -3.36. The second kappa shape index (κ2) is 11.4. The second-order valence-corrected chi connectivity index (χ2v) is 9.22. The largest absolute Gasteiger partial charge is 0.497 e. The molecule has 1 atom stereocenters. The molecule has 1 aromatic rings. The second-order valence-electron chi connectivity index (χ2n) is 7.04. The number of methoxy groups -OCH3 is 1. The molecule has 1 aliphatic rings. The van der Waals surface area contributed by atoms with Crippen LogP contribution < -0.4 is 10.1 Å². The first-order valence-corrected chi connectivity index (χ1v) is 11.7. The Kier molecular flexibility index (Phi) is 9.21. The van der Waals surface area contributed by atoms with E-state index in [-0.39, 0.29) is 11.8 Å². The molecule has 1 aromatic carbocycles. The first-order valence-electron chi connectivity index (χ1n) is 9.88. The van der Waals surface area contributed by atoms with E-state index in [1.54, 1.807) is 7.11 Å². The van der Waals surface area contributed by atoms with Gasteiger partial charge in [-0.25, -0.2) is 8.42 Å². The Morgan fingerprint density at radius 1 is 1.21 bits per heavy atom. The van der Waals surface area contributed by atoms with E-state index in [4.69, 9.17) is 9.47 Å². The minimum Gasteiger partial charge on any atom is -0.497 e. The van der Waals surface area contributed by atoms with Gasteiger partial charge >= 0.3 is 0 Å². The van der Waals surface area contributed by atoms with E-state index in [1.165, 1.54) is 0 Å². The van der Waals surface area contributed by atoms with E-state index in [0.717, 1.165) is 37.2 Å². The van der Waals surface area contributed by atoms with Crippen LogP contribution in [-0.4, -0.2) is 70.7 Å². The molecule has 1 saturated heterocycles. The molecule has 2 rings (SSSR count). The summed E-state index contributed by atoms with van der Waals surface area (Å²) in [6.45, 7) is 5.20. The number of ether oxygens (including phenoxy) is 2. The molecule has 0 saturated carbocycles. The van der Waals surface area contributed by atoms with Crippen LogP contribution in [0.5, 0.6) is 5.75 Å². The minimum absolute atomic E-state index is 0.0402. The third-order valence-corrected chi connectivity index (χ3v) is 6.50. The lowest BCUT2D eigenvalue weighted by Crippen LogP contribution is -2.44. The maximum atomic E-state index is 12.3. The fraction of sp³-hybridized carbons (Fsp3) is 0.650. The quantitative estimate of drug-likeness (QED) is 0.558. The van der Waals surface area contributed by atoms with Crippen molar-refractivity contribution in [3.05, 3.63) is 29.8 Å². The number of nitrogens with one attached hydrogen (secondary N) is 1. The zero-order valence-electron chi connectivity index (χ0n) is 16.9. The van der Waals surface area contributed by atoms with E-state index < -0.39 is 21.5 Å². The number of rotatable bonds is 11. The number of sulfone groups is 1. The van der Waals surface area contributed by atoms with Gasteiger partial charge in [0.25, 0.3) is 0 Å². The van der Waals surface area contributed by atoms with E-state index in [2.05, 4.69) is 10.2 Å². The van der Waals surface area contributed by atoms with Gasteiger partial charge in [-0.1, -0.05) is 31.9 Å². The van der Waals surface area contributed by atoms with Gasteiger partial charge in [-0.15, -0.1) is 0 Å². The molecule has 0 radical (unpaired) electrons. The van der Waals surface area contributed by atoms with Crippen molar-refractivity contribution in [3.8, 4) is 5.75 Å². The van der Waals surface area contributed by atoms with Crippen molar-refractivity contribution >= 4 is 15.7 Å². The fourth-order valence-electron chi connectivity index (χ4n) is 3.28. The topological polar surface area (TPSA) is 84.9 Å². The molecule has 0 bridgehead atoms. The molecule has 1 amide bonds. The van der Waals surface area contributed by atoms with Gasteiger partial charge in [-0.05, 0) is 24.1 Å². The number of unbranched alkanes of at least 4 members (excludes halogenated alkanes) is 2. The third kappa shape index (κ3) is 7.41. The zero-order chi connectivity index (χ0) is 20.4. The Labute approximate surface area is 168 Å². The SMILES string of the molecule is CCCCCS(=O)(=O)CC(=O)NCC(c1ccc(OC)cc1)N1CCOCC1. The number of carbonyl (C=O) groups is 1. The van der Waals surface area contributed by atoms with Gasteiger partial charge in [-0.3, -0.25) is 9.69 Å². The van der Waals surface area contributed by atoms with Crippen LogP contribution >= 0.6 is 0 Å². The lowest BCUT2D eigenvalue weighted by atomic mass is 10.0. The molecule has 1 N–H and O–H groups in total. The summed E-state index contributed by atoms with van der Waals surface area (Å²) in [7, 11) is -1.74. The highest BCUT2D eigenvalue weighted by atomic mass is 32.2. The number of nitrogens with zero attached hydrogens (tertiary/aromatic N) is 1. The summed E-state index contributed by atoms with van der Waals surface area (Å²) in [6, 6.07) is 7.70. The van der Waals surface area contributed by atoms with Crippen LogP contribution in [0.25, 0.3) is 0 Å². The van der Waals surface area contributed by atoms with Crippen molar-refractivity contribution in [2.45, 2.75) is 32.2 Å². The molecule has 1 heterocycles. The van der Waals surface area contributed by atoms with Gasteiger partial charge in [0.15, 0.2) is 9.84 Å². The number of morpholine rings is 1. The van der Waals surface area contributed by atoms with Crippen molar-refractivity contribution < 1.29 is 22.7 Å². The number of amides is 1. The van der Waals surface area contributed by atoms with Crippen molar-refractivity contribution in [3.63, 3.8) is 0 Å². The van der Waals surface area contributed by atoms with Crippen LogP contribution in [0.2, 0.25) is 0 Å².